The summed E-state index contributed by atoms with van der Waals surface area (Å²) in [5.41, 5.74) is 0.530. The third-order valence-corrected chi connectivity index (χ3v) is 5.46. The molecule has 0 bridgehead atoms. The summed E-state index contributed by atoms with van der Waals surface area (Å²) in [6.07, 6.45) is 2.65. The van der Waals surface area contributed by atoms with Crippen LogP contribution in [0.25, 0.3) is 0 Å². The molecule has 112 valence electrons. The lowest BCUT2D eigenvalue weighted by atomic mass is 10.2. The Labute approximate surface area is 127 Å². The maximum atomic E-state index is 12.2. The summed E-state index contributed by atoms with van der Waals surface area (Å²) >= 11 is 1.21. The fourth-order valence-electron chi connectivity index (χ4n) is 1.61. The predicted molar refractivity (Wildman–Crippen MR) is 79.8 cm³/mol. The number of thiazole rings is 1. The van der Waals surface area contributed by atoms with Gasteiger partial charge >= 0.3 is 0 Å². The zero-order chi connectivity index (χ0) is 15.6. The number of sulfonamides is 1. The highest BCUT2D eigenvalue weighted by atomic mass is 32.2. The first kappa shape index (κ1) is 15.6. The van der Waals surface area contributed by atoms with Gasteiger partial charge in [0, 0.05) is 18.3 Å². The van der Waals surface area contributed by atoms with Crippen molar-refractivity contribution in [1.29, 1.82) is 0 Å². The minimum absolute atomic E-state index is 0.0513. The van der Waals surface area contributed by atoms with Crippen molar-refractivity contribution in [1.82, 2.24) is 14.7 Å². The van der Waals surface area contributed by atoms with Crippen LogP contribution in [-0.4, -0.2) is 24.3 Å². The maximum absolute atomic E-state index is 12.2. The van der Waals surface area contributed by atoms with Crippen LogP contribution in [0.4, 0.5) is 0 Å². The molecule has 1 amide bonds. The van der Waals surface area contributed by atoms with E-state index in [9.17, 15) is 13.2 Å². The van der Waals surface area contributed by atoms with Gasteiger partial charge in [0.15, 0.2) is 0 Å². The van der Waals surface area contributed by atoms with Crippen LogP contribution in [0.5, 0.6) is 0 Å². The number of carbonyl (C=O) groups excluding carboxylic acids is 1. The average Bonchev–Trinajstić information content (AvgIpc) is 2.82. The van der Waals surface area contributed by atoms with E-state index in [-0.39, 0.29) is 10.8 Å². The molecule has 0 radical (unpaired) electrons. The molecule has 0 fully saturated rings. The molecular formula is C13H15N3O3S2. The van der Waals surface area contributed by atoms with Gasteiger partial charge in [-0.15, -0.1) is 11.3 Å². The van der Waals surface area contributed by atoms with Gasteiger partial charge < -0.3 is 0 Å². The maximum Gasteiger partial charge on any atom is 0.276 e. The number of carbonyl (C=O) groups is 1. The molecule has 0 aromatic carbocycles. The predicted octanol–water partition coefficient (Wildman–Crippen LogP) is 2.09. The molecule has 0 aliphatic carbocycles. The van der Waals surface area contributed by atoms with Crippen LogP contribution in [0.2, 0.25) is 0 Å². The lowest BCUT2D eigenvalue weighted by Gasteiger charge is -2.05. The topological polar surface area (TPSA) is 89.0 Å². The summed E-state index contributed by atoms with van der Waals surface area (Å²) in [4.78, 5) is 20.4. The van der Waals surface area contributed by atoms with Crippen LogP contribution in [0.3, 0.4) is 0 Å². The van der Waals surface area contributed by atoms with E-state index in [4.69, 9.17) is 0 Å². The van der Waals surface area contributed by atoms with Crippen molar-refractivity contribution in [2.75, 3.05) is 0 Å². The third-order valence-electron chi connectivity index (χ3n) is 2.69. The van der Waals surface area contributed by atoms with E-state index < -0.39 is 15.9 Å². The van der Waals surface area contributed by atoms with E-state index in [0.717, 1.165) is 5.01 Å². The van der Waals surface area contributed by atoms with Gasteiger partial charge in [-0.1, -0.05) is 13.8 Å². The number of pyridine rings is 1. The van der Waals surface area contributed by atoms with E-state index in [1.54, 1.807) is 6.92 Å². The molecule has 8 heteroatoms. The summed E-state index contributed by atoms with van der Waals surface area (Å²) < 4.78 is 26.2. The summed E-state index contributed by atoms with van der Waals surface area (Å²) in [5.74, 6) is -0.481. The van der Waals surface area contributed by atoms with Crippen LogP contribution >= 0.6 is 11.3 Å². The Hall–Kier alpha value is -1.80. The zero-order valence-electron chi connectivity index (χ0n) is 11.8. The molecule has 0 unspecified atom stereocenters. The Kier molecular flexibility index (Phi) is 4.38. The van der Waals surface area contributed by atoms with Gasteiger partial charge in [-0.3, -0.25) is 9.78 Å². The van der Waals surface area contributed by atoms with E-state index in [2.05, 4.69) is 9.97 Å². The van der Waals surface area contributed by atoms with Crippen LogP contribution in [-0.2, 0) is 10.0 Å². The number of amides is 1. The van der Waals surface area contributed by atoms with Crippen molar-refractivity contribution in [2.24, 2.45) is 0 Å². The van der Waals surface area contributed by atoms with Gasteiger partial charge in [0.25, 0.3) is 15.9 Å². The quantitative estimate of drug-likeness (QED) is 0.929. The molecule has 0 saturated heterocycles. The molecule has 0 aliphatic rings. The molecular weight excluding hydrogens is 310 g/mol. The molecule has 1 N–H and O–H groups in total. The number of hydrogen-bond donors (Lipinski definition) is 1. The normalized spacial score (nSPS) is 11.6. The summed E-state index contributed by atoms with van der Waals surface area (Å²) in [6, 6.07) is 2.87. The van der Waals surface area contributed by atoms with Gasteiger partial charge in [0.2, 0.25) is 0 Å². The van der Waals surface area contributed by atoms with Crippen LogP contribution in [0, 0.1) is 6.92 Å². The molecule has 0 saturated carbocycles. The van der Waals surface area contributed by atoms with Crippen molar-refractivity contribution in [2.45, 2.75) is 31.6 Å². The smallest absolute Gasteiger partial charge is 0.267 e. The first-order valence-corrected chi connectivity index (χ1v) is 8.55. The SMILES string of the molecule is Cc1nc(C(C)C)sc1C(=O)NS(=O)(=O)c1cccnc1. The number of aromatic nitrogens is 2. The highest BCUT2D eigenvalue weighted by Gasteiger charge is 2.23. The number of nitrogens with zero attached hydrogens (tertiary/aromatic N) is 2. The lowest BCUT2D eigenvalue weighted by Crippen LogP contribution is -2.30. The second-order valence-corrected chi connectivity index (χ2v) is 7.46. The molecule has 0 spiro atoms. The highest BCUT2D eigenvalue weighted by Crippen LogP contribution is 2.24. The Morgan fingerprint density at radius 3 is 2.62 bits per heavy atom. The minimum atomic E-state index is -3.92. The molecule has 2 rings (SSSR count). The summed E-state index contributed by atoms with van der Waals surface area (Å²) in [7, 11) is -3.92. The first-order chi connectivity index (χ1) is 9.81. The molecule has 2 heterocycles. The van der Waals surface area contributed by atoms with Gasteiger partial charge in [0.05, 0.1) is 10.7 Å². The van der Waals surface area contributed by atoms with Gasteiger partial charge in [0.1, 0.15) is 9.77 Å². The van der Waals surface area contributed by atoms with Crippen molar-refractivity contribution < 1.29 is 13.2 Å². The molecule has 2 aromatic rings. The van der Waals surface area contributed by atoms with E-state index in [0.29, 0.717) is 10.6 Å². The molecule has 0 aliphatic heterocycles. The fourth-order valence-corrected chi connectivity index (χ4v) is 3.56. The van der Waals surface area contributed by atoms with Crippen LogP contribution in [0.1, 0.15) is 40.1 Å². The van der Waals surface area contributed by atoms with Crippen LogP contribution < -0.4 is 4.72 Å². The molecule has 21 heavy (non-hydrogen) atoms. The Bertz CT molecular complexity index is 752. The van der Waals surface area contributed by atoms with Gasteiger partial charge in [-0.25, -0.2) is 18.1 Å². The third kappa shape index (κ3) is 3.45. The monoisotopic (exact) mass is 325 g/mol. The highest BCUT2D eigenvalue weighted by molar-refractivity contribution is 7.90. The van der Waals surface area contributed by atoms with Gasteiger partial charge in [-0.05, 0) is 19.1 Å². The van der Waals surface area contributed by atoms with Crippen molar-refractivity contribution in [3.05, 3.63) is 40.1 Å². The summed E-state index contributed by atoms with van der Waals surface area (Å²) in [5, 5.41) is 0.802. The Balaban J connectivity index is 2.26. The zero-order valence-corrected chi connectivity index (χ0v) is 13.5. The fraction of sp³-hybridized carbons (Fsp3) is 0.308. The van der Waals surface area contributed by atoms with E-state index in [1.807, 2.05) is 18.6 Å². The Morgan fingerprint density at radius 2 is 2.10 bits per heavy atom. The Morgan fingerprint density at radius 1 is 1.38 bits per heavy atom. The minimum Gasteiger partial charge on any atom is -0.267 e. The second kappa shape index (κ2) is 5.90. The molecule has 6 nitrogen and oxygen atoms in total. The molecule has 0 atom stereocenters. The average molecular weight is 325 g/mol. The standard InChI is InChI=1S/C13H15N3O3S2/c1-8(2)13-15-9(3)11(20-13)12(17)16-21(18,19)10-5-4-6-14-7-10/h4-8H,1-3H3,(H,16,17). The van der Waals surface area contributed by atoms with E-state index in [1.165, 1.54) is 35.9 Å². The van der Waals surface area contributed by atoms with E-state index >= 15 is 0 Å². The number of hydrogen-bond acceptors (Lipinski definition) is 6. The first-order valence-electron chi connectivity index (χ1n) is 6.25. The van der Waals surface area contributed by atoms with Gasteiger partial charge in [-0.2, -0.15) is 0 Å². The second-order valence-electron chi connectivity index (χ2n) is 4.74. The van der Waals surface area contributed by atoms with Crippen molar-refractivity contribution in [3.8, 4) is 0 Å². The van der Waals surface area contributed by atoms with Crippen molar-refractivity contribution >= 4 is 27.3 Å². The van der Waals surface area contributed by atoms with Crippen molar-refractivity contribution in [3.63, 3.8) is 0 Å². The summed E-state index contributed by atoms with van der Waals surface area (Å²) in [6.45, 7) is 5.62. The largest absolute Gasteiger partial charge is 0.276 e. The number of nitrogens with one attached hydrogen (secondary N) is 1. The lowest BCUT2D eigenvalue weighted by molar-refractivity contribution is 0.0984. The van der Waals surface area contributed by atoms with Crippen LogP contribution in [0.15, 0.2) is 29.4 Å². The number of aryl methyl sites for hydroxylation is 1. The molecule has 2 aromatic heterocycles. The number of rotatable bonds is 4.